The Balaban J connectivity index is 4.04. The minimum absolute atomic E-state index is 0.105. The molecule has 0 bridgehead atoms. The van der Waals surface area contributed by atoms with Crippen molar-refractivity contribution in [2.24, 2.45) is 0 Å². The monoisotopic (exact) mass is 200 g/mol. The van der Waals surface area contributed by atoms with Gasteiger partial charge < -0.3 is 5.32 Å². The molecule has 0 spiro atoms. The van der Waals surface area contributed by atoms with Crippen LogP contribution in [-0.2, 0) is 4.79 Å². The molecule has 0 saturated carbocycles. The van der Waals surface area contributed by atoms with E-state index in [4.69, 9.17) is 0 Å². The highest BCUT2D eigenvalue weighted by atomic mass is 16.2. The fraction of sp³-hybridized carbons (Fsp3) is 0.909. The van der Waals surface area contributed by atoms with Crippen molar-refractivity contribution in [1.82, 2.24) is 10.2 Å². The van der Waals surface area contributed by atoms with E-state index in [1.165, 1.54) is 0 Å². The van der Waals surface area contributed by atoms with Gasteiger partial charge in [0.2, 0.25) is 5.91 Å². The van der Waals surface area contributed by atoms with E-state index in [2.05, 4.69) is 31.0 Å². The Labute approximate surface area is 87.9 Å². The average Bonchev–Trinajstić information content (AvgIpc) is 1.96. The van der Waals surface area contributed by atoms with Crippen molar-refractivity contribution in [2.45, 2.75) is 53.1 Å². The molecule has 0 aromatic carbocycles. The van der Waals surface area contributed by atoms with E-state index >= 15 is 0 Å². The van der Waals surface area contributed by atoms with E-state index in [9.17, 15) is 4.79 Å². The highest BCUT2D eigenvalue weighted by Crippen LogP contribution is 2.00. The Kier molecular flexibility index (Phi) is 5.13. The smallest absolute Gasteiger partial charge is 0.234 e. The lowest BCUT2D eigenvalue weighted by Crippen LogP contribution is -2.47. The van der Waals surface area contributed by atoms with Gasteiger partial charge in [-0.1, -0.05) is 6.92 Å². The van der Waals surface area contributed by atoms with E-state index in [1.807, 2.05) is 20.8 Å². The Bertz CT molecular complexity index is 182. The van der Waals surface area contributed by atoms with Crippen LogP contribution in [0.1, 0.15) is 41.5 Å². The number of carbonyl (C=O) groups is 1. The number of likely N-dealkylation sites (N-methyl/N-ethyl adjacent to an activating group) is 1. The van der Waals surface area contributed by atoms with Crippen LogP contribution >= 0.6 is 0 Å². The first-order valence-corrected chi connectivity index (χ1v) is 5.31. The molecule has 0 radical (unpaired) electrons. The highest BCUT2D eigenvalue weighted by molar-refractivity contribution is 5.78. The largest absolute Gasteiger partial charge is 0.350 e. The molecule has 0 aliphatic carbocycles. The number of hydrogen-bond acceptors (Lipinski definition) is 2. The van der Waals surface area contributed by atoms with Gasteiger partial charge in [-0.2, -0.15) is 0 Å². The zero-order valence-electron chi connectivity index (χ0n) is 10.3. The molecule has 0 fully saturated rings. The van der Waals surface area contributed by atoms with Crippen LogP contribution in [0.4, 0.5) is 0 Å². The zero-order chi connectivity index (χ0) is 11.4. The Morgan fingerprint density at radius 2 is 1.86 bits per heavy atom. The number of carbonyl (C=O) groups excluding carboxylic acids is 1. The fourth-order valence-electron chi connectivity index (χ4n) is 1.30. The van der Waals surface area contributed by atoms with E-state index in [1.54, 1.807) is 0 Å². The lowest BCUT2D eigenvalue weighted by atomic mass is 10.1. The van der Waals surface area contributed by atoms with Crippen molar-refractivity contribution < 1.29 is 4.79 Å². The van der Waals surface area contributed by atoms with Gasteiger partial charge in [0.05, 0.1) is 6.54 Å². The summed E-state index contributed by atoms with van der Waals surface area (Å²) in [6.07, 6.45) is 0. The first-order chi connectivity index (χ1) is 6.26. The zero-order valence-corrected chi connectivity index (χ0v) is 10.3. The maximum atomic E-state index is 11.6. The molecule has 0 aliphatic rings. The molecule has 0 aliphatic heterocycles. The van der Waals surface area contributed by atoms with Gasteiger partial charge >= 0.3 is 0 Å². The van der Waals surface area contributed by atoms with Gasteiger partial charge in [0, 0.05) is 11.6 Å². The van der Waals surface area contributed by atoms with Gasteiger partial charge in [0.15, 0.2) is 0 Å². The van der Waals surface area contributed by atoms with Crippen LogP contribution in [0.25, 0.3) is 0 Å². The van der Waals surface area contributed by atoms with Crippen LogP contribution in [0, 0.1) is 0 Å². The minimum atomic E-state index is -0.131. The van der Waals surface area contributed by atoms with Crippen molar-refractivity contribution in [3.8, 4) is 0 Å². The molecule has 1 amide bonds. The van der Waals surface area contributed by atoms with Gasteiger partial charge in [0.1, 0.15) is 0 Å². The molecule has 0 aromatic heterocycles. The number of nitrogens with one attached hydrogen (secondary N) is 1. The summed E-state index contributed by atoms with van der Waals surface area (Å²) in [4.78, 5) is 13.7. The van der Waals surface area contributed by atoms with E-state index in [0.29, 0.717) is 12.6 Å². The lowest BCUT2D eigenvalue weighted by Gasteiger charge is -2.27. The number of nitrogens with zero attached hydrogens (tertiary/aromatic N) is 1. The van der Waals surface area contributed by atoms with Crippen molar-refractivity contribution in [3.05, 3.63) is 0 Å². The number of rotatable bonds is 4. The summed E-state index contributed by atoms with van der Waals surface area (Å²) >= 11 is 0. The second kappa shape index (κ2) is 5.35. The Hall–Kier alpha value is -0.570. The summed E-state index contributed by atoms with van der Waals surface area (Å²) in [6.45, 7) is 13.7. The summed E-state index contributed by atoms with van der Waals surface area (Å²) in [7, 11) is 0. The van der Waals surface area contributed by atoms with Crippen molar-refractivity contribution in [1.29, 1.82) is 0 Å². The van der Waals surface area contributed by atoms with Crippen molar-refractivity contribution >= 4 is 5.91 Å². The van der Waals surface area contributed by atoms with Crippen LogP contribution < -0.4 is 5.32 Å². The predicted molar refractivity (Wildman–Crippen MR) is 60.3 cm³/mol. The number of hydrogen-bond donors (Lipinski definition) is 1. The Morgan fingerprint density at radius 3 is 2.14 bits per heavy atom. The first-order valence-electron chi connectivity index (χ1n) is 5.31. The third kappa shape index (κ3) is 5.97. The molecule has 14 heavy (non-hydrogen) atoms. The third-order valence-corrected chi connectivity index (χ3v) is 2.00. The van der Waals surface area contributed by atoms with Gasteiger partial charge in [-0.25, -0.2) is 0 Å². The fourth-order valence-corrected chi connectivity index (χ4v) is 1.30. The predicted octanol–water partition coefficient (Wildman–Crippen LogP) is 1.63. The molecule has 0 aromatic rings. The quantitative estimate of drug-likeness (QED) is 0.748. The van der Waals surface area contributed by atoms with E-state index < -0.39 is 0 Å². The van der Waals surface area contributed by atoms with Crippen LogP contribution in [0.5, 0.6) is 0 Å². The molecule has 0 saturated heterocycles. The van der Waals surface area contributed by atoms with E-state index in [0.717, 1.165) is 6.54 Å². The highest BCUT2D eigenvalue weighted by Gasteiger charge is 2.17. The molecular weight excluding hydrogens is 176 g/mol. The second-order valence-electron chi connectivity index (χ2n) is 4.96. The molecule has 3 nitrogen and oxygen atoms in total. The number of amides is 1. The SMILES string of the molecule is CCN(CC(=O)NC(C)(C)C)C(C)C. The standard InChI is InChI=1S/C11H24N2O/c1-7-13(9(2)3)8-10(14)12-11(4,5)6/h9H,7-8H2,1-6H3,(H,12,14). The van der Waals surface area contributed by atoms with Crippen LogP contribution in [-0.4, -0.2) is 35.5 Å². The summed E-state index contributed by atoms with van der Waals surface area (Å²) in [5.74, 6) is 0.105. The molecule has 0 heterocycles. The molecular formula is C11H24N2O. The molecule has 0 rings (SSSR count). The maximum Gasteiger partial charge on any atom is 0.234 e. The topological polar surface area (TPSA) is 32.3 Å². The third-order valence-electron chi connectivity index (χ3n) is 2.00. The van der Waals surface area contributed by atoms with Crippen molar-refractivity contribution in [2.75, 3.05) is 13.1 Å². The van der Waals surface area contributed by atoms with Crippen molar-refractivity contribution in [3.63, 3.8) is 0 Å². The molecule has 0 unspecified atom stereocenters. The second-order valence-corrected chi connectivity index (χ2v) is 4.96. The maximum absolute atomic E-state index is 11.6. The van der Waals surface area contributed by atoms with Crippen LogP contribution in [0.3, 0.4) is 0 Å². The van der Waals surface area contributed by atoms with Gasteiger partial charge in [-0.05, 0) is 41.2 Å². The lowest BCUT2D eigenvalue weighted by molar-refractivity contribution is -0.124. The minimum Gasteiger partial charge on any atom is -0.350 e. The normalized spacial score (nSPS) is 12.3. The summed E-state index contributed by atoms with van der Waals surface area (Å²) in [5, 5.41) is 2.96. The summed E-state index contributed by atoms with van der Waals surface area (Å²) in [5.41, 5.74) is -0.131. The van der Waals surface area contributed by atoms with Gasteiger partial charge in [-0.3, -0.25) is 9.69 Å². The molecule has 0 atom stereocenters. The van der Waals surface area contributed by atoms with Crippen LogP contribution in [0.2, 0.25) is 0 Å². The summed E-state index contributed by atoms with van der Waals surface area (Å²) in [6, 6.07) is 0.422. The van der Waals surface area contributed by atoms with Gasteiger partial charge in [-0.15, -0.1) is 0 Å². The molecule has 3 heteroatoms. The first kappa shape index (κ1) is 13.4. The molecule has 84 valence electrons. The van der Waals surface area contributed by atoms with E-state index in [-0.39, 0.29) is 11.4 Å². The Morgan fingerprint density at radius 1 is 1.36 bits per heavy atom. The average molecular weight is 200 g/mol. The summed E-state index contributed by atoms with van der Waals surface area (Å²) < 4.78 is 0. The van der Waals surface area contributed by atoms with Crippen LogP contribution in [0.15, 0.2) is 0 Å². The molecule has 1 N–H and O–H groups in total. The van der Waals surface area contributed by atoms with Gasteiger partial charge in [0.25, 0.3) is 0 Å².